The molecule has 92 valence electrons. The van der Waals surface area contributed by atoms with Crippen LogP contribution in [-0.4, -0.2) is 20.5 Å². The third-order valence-electron chi connectivity index (χ3n) is 1.96. The van der Waals surface area contributed by atoms with Gasteiger partial charge >= 0.3 is 29.6 Å². The third kappa shape index (κ3) is 3.23. The van der Waals surface area contributed by atoms with Gasteiger partial charge in [0.1, 0.15) is 11.8 Å². The van der Waals surface area contributed by atoms with Crippen LogP contribution in [-0.2, 0) is 14.8 Å². The van der Waals surface area contributed by atoms with Crippen molar-refractivity contribution in [1.82, 2.24) is 0 Å². The van der Waals surface area contributed by atoms with E-state index in [4.69, 9.17) is 4.74 Å². The Bertz CT molecular complexity index is 587. The molecule has 0 atom stereocenters. The number of nitrogens with zero attached hydrogens (tertiary/aromatic N) is 2. The van der Waals surface area contributed by atoms with Crippen LogP contribution in [0.1, 0.15) is 13.8 Å². The fourth-order valence-electron chi connectivity index (χ4n) is 1.32. The minimum atomic E-state index is -3.93. The molecule has 1 aliphatic heterocycles. The maximum Gasteiger partial charge on any atom is 1.00 e. The molecule has 0 unspecified atom stereocenters. The van der Waals surface area contributed by atoms with E-state index in [9.17, 15) is 12.8 Å². The number of sulfonamides is 1. The fraction of sp³-hybridized carbons (Fsp3) is 0.300. The second-order valence-corrected chi connectivity index (χ2v) is 5.31. The molecule has 0 radical (unpaired) electrons. The number of halogens is 1. The average Bonchev–Trinajstić information content (AvgIpc) is 2.17. The number of benzene rings is 1. The molecular weight excluding hydrogens is 270 g/mol. The molecule has 0 bridgehead atoms. The molecule has 0 amide bonds. The smallest absolute Gasteiger partial charge is 0.498 e. The minimum absolute atomic E-state index is 0. The van der Waals surface area contributed by atoms with Gasteiger partial charge in [0.25, 0.3) is 0 Å². The molecule has 0 aromatic heterocycles. The molecule has 0 aliphatic carbocycles. The number of hydrogen-bond donors (Lipinski definition) is 0. The van der Waals surface area contributed by atoms with Crippen LogP contribution in [0.2, 0.25) is 0 Å². The van der Waals surface area contributed by atoms with E-state index in [1.165, 1.54) is 6.07 Å². The Morgan fingerprint density at radius 2 is 2.06 bits per heavy atom. The average molecular weight is 280 g/mol. The van der Waals surface area contributed by atoms with Crippen LogP contribution in [0.3, 0.4) is 0 Å². The quantitative estimate of drug-likeness (QED) is 0.640. The van der Waals surface area contributed by atoms with Crippen molar-refractivity contribution >= 4 is 21.7 Å². The molecule has 0 N–H and O–H groups in total. The van der Waals surface area contributed by atoms with Crippen LogP contribution in [0.25, 0.3) is 5.32 Å². The molecule has 0 spiro atoms. The van der Waals surface area contributed by atoms with Gasteiger partial charge < -0.3 is 14.5 Å². The molecule has 1 heterocycles. The topological polar surface area (TPSA) is 69.8 Å². The number of fused-ring (bicyclic) bond motifs is 1. The molecule has 5 nitrogen and oxygen atoms in total. The molecule has 1 aliphatic rings. The summed E-state index contributed by atoms with van der Waals surface area (Å²) in [5, 5.41) is 3.90. The monoisotopic (exact) mass is 280 g/mol. The maximum atomic E-state index is 13.0. The Labute approximate surface area is 127 Å². The van der Waals surface area contributed by atoms with Crippen molar-refractivity contribution in [1.29, 1.82) is 0 Å². The van der Waals surface area contributed by atoms with Crippen molar-refractivity contribution in [2.45, 2.75) is 24.8 Å². The fourth-order valence-corrected chi connectivity index (χ4v) is 2.35. The van der Waals surface area contributed by atoms with E-state index in [1.807, 2.05) is 0 Å². The maximum absolute atomic E-state index is 13.0. The van der Waals surface area contributed by atoms with Gasteiger partial charge in [0, 0.05) is 0 Å². The van der Waals surface area contributed by atoms with Crippen molar-refractivity contribution in [2.24, 2.45) is 4.40 Å². The summed E-state index contributed by atoms with van der Waals surface area (Å²) in [5.74, 6) is -0.647. The first-order valence-corrected chi connectivity index (χ1v) is 6.35. The van der Waals surface area contributed by atoms with Crippen LogP contribution in [0.5, 0.6) is 0 Å². The molecule has 8 heteroatoms. The summed E-state index contributed by atoms with van der Waals surface area (Å²) in [6, 6.07) is 3.08. The van der Waals surface area contributed by atoms with Crippen molar-refractivity contribution < 1.29 is 47.1 Å². The number of ether oxygens (including phenoxy) is 1. The zero-order valence-corrected chi connectivity index (χ0v) is 13.0. The predicted octanol–water partition coefficient (Wildman–Crippen LogP) is -0.682. The van der Waals surface area contributed by atoms with Gasteiger partial charge in [-0.2, -0.15) is 0 Å². The predicted molar refractivity (Wildman–Crippen MR) is 60.3 cm³/mol. The second kappa shape index (κ2) is 5.56. The first kappa shape index (κ1) is 15.4. The Kier molecular flexibility index (Phi) is 4.77. The van der Waals surface area contributed by atoms with Crippen LogP contribution in [0.4, 0.5) is 10.1 Å². The van der Waals surface area contributed by atoms with Crippen molar-refractivity contribution in [2.75, 3.05) is 0 Å². The Morgan fingerprint density at radius 1 is 1.39 bits per heavy atom. The van der Waals surface area contributed by atoms with E-state index in [0.717, 1.165) is 12.1 Å². The van der Waals surface area contributed by atoms with Crippen molar-refractivity contribution in [3.63, 3.8) is 0 Å². The van der Waals surface area contributed by atoms with E-state index in [1.54, 1.807) is 13.8 Å². The molecule has 0 fully saturated rings. The van der Waals surface area contributed by atoms with E-state index in [-0.39, 0.29) is 52.3 Å². The first-order valence-electron chi connectivity index (χ1n) is 4.91. The molecule has 1 aromatic carbocycles. The molecular formula is C10H10FN2NaO3S. The van der Waals surface area contributed by atoms with Gasteiger partial charge in [-0.25, -0.2) is 12.8 Å². The number of amidine groups is 1. The third-order valence-corrected chi connectivity index (χ3v) is 3.23. The van der Waals surface area contributed by atoms with Gasteiger partial charge in [-0.1, -0.05) is 6.07 Å². The first-order chi connectivity index (χ1) is 7.88. The van der Waals surface area contributed by atoms with Gasteiger partial charge in [-0.05, 0) is 31.7 Å². The standard InChI is InChI=1S/C10H10FN2O3S.Na/c1-6(2)16-10-12-8-4-3-7(11)5-9(8)17(14,15)13-10;/h3-6H,1-2H3;/q-1;+1. The Hall–Kier alpha value is -0.630. The van der Waals surface area contributed by atoms with Gasteiger partial charge in [0.15, 0.2) is 0 Å². The Balaban J connectivity index is 0.00000162. The second-order valence-electron chi connectivity index (χ2n) is 3.74. The zero-order valence-electron chi connectivity index (χ0n) is 10.2. The SMILES string of the molecule is CC(C)OC1=NS(=O)(=O)c2cc(F)ccc2[N-]1.[Na+]. The van der Waals surface area contributed by atoms with Crippen molar-refractivity contribution in [3.05, 3.63) is 29.3 Å². The summed E-state index contributed by atoms with van der Waals surface area (Å²) in [7, 11) is -3.93. The Morgan fingerprint density at radius 3 is 2.67 bits per heavy atom. The summed E-state index contributed by atoms with van der Waals surface area (Å²) in [5.41, 5.74) is 0.136. The molecule has 18 heavy (non-hydrogen) atoms. The summed E-state index contributed by atoms with van der Waals surface area (Å²) in [6.45, 7) is 3.45. The zero-order chi connectivity index (χ0) is 12.6. The summed E-state index contributed by atoms with van der Waals surface area (Å²) in [4.78, 5) is -0.242. The van der Waals surface area contributed by atoms with E-state index < -0.39 is 15.8 Å². The summed E-state index contributed by atoms with van der Waals surface area (Å²) >= 11 is 0. The molecule has 1 aromatic rings. The van der Waals surface area contributed by atoms with E-state index >= 15 is 0 Å². The van der Waals surface area contributed by atoms with Crippen LogP contribution < -0.4 is 29.6 Å². The normalized spacial score (nSPS) is 16.1. The van der Waals surface area contributed by atoms with Gasteiger partial charge in [0.2, 0.25) is 10.0 Å². The largest absolute Gasteiger partial charge is 1.00 e. The van der Waals surface area contributed by atoms with Gasteiger partial charge in [-0.15, -0.1) is 0 Å². The van der Waals surface area contributed by atoms with Gasteiger partial charge in [-0.3, -0.25) is 0 Å². The summed E-state index contributed by atoms with van der Waals surface area (Å²) in [6.07, 6.45) is -0.241. The van der Waals surface area contributed by atoms with Gasteiger partial charge in [0.05, 0.1) is 11.0 Å². The molecule has 2 rings (SSSR count). The van der Waals surface area contributed by atoms with Crippen LogP contribution in [0.15, 0.2) is 27.5 Å². The van der Waals surface area contributed by atoms with Crippen LogP contribution in [0, 0.1) is 5.82 Å². The van der Waals surface area contributed by atoms with Crippen LogP contribution >= 0.6 is 0 Å². The van der Waals surface area contributed by atoms with E-state index in [0.29, 0.717) is 0 Å². The van der Waals surface area contributed by atoms with Crippen molar-refractivity contribution in [3.8, 4) is 0 Å². The minimum Gasteiger partial charge on any atom is -0.498 e. The summed E-state index contributed by atoms with van der Waals surface area (Å²) < 4.78 is 44.9. The molecule has 0 saturated carbocycles. The number of hydrogen-bond acceptors (Lipinski definition) is 3. The molecule has 0 saturated heterocycles. The van der Waals surface area contributed by atoms with E-state index in [2.05, 4.69) is 9.71 Å². The number of rotatable bonds is 1.